The second-order valence-corrected chi connectivity index (χ2v) is 7.51. The van der Waals surface area contributed by atoms with Crippen LogP contribution >= 0.6 is 0 Å². The van der Waals surface area contributed by atoms with Crippen LogP contribution in [0.2, 0.25) is 0 Å². The molecule has 1 aromatic heterocycles. The zero-order chi connectivity index (χ0) is 18.7. The number of amides is 1. The van der Waals surface area contributed by atoms with Gasteiger partial charge in [-0.3, -0.25) is 4.79 Å². The van der Waals surface area contributed by atoms with E-state index in [2.05, 4.69) is 23.3 Å². The maximum Gasteiger partial charge on any atom is 0.226 e. The normalized spacial score (nSPS) is 18.8. The number of benzene rings is 1. The lowest BCUT2D eigenvalue weighted by Gasteiger charge is -2.37. The van der Waals surface area contributed by atoms with Gasteiger partial charge < -0.3 is 10.2 Å². The Kier molecular flexibility index (Phi) is 5.25. The van der Waals surface area contributed by atoms with Crippen LogP contribution in [0.25, 0.3) is 0 Å². The summed E-state index contributed by atoms with van der Waals surface area (Å²) in [4.78, 5) is 18.8. The number of pyridine rings is 1. The molecule has 1 atom stereocenters. The van der Waals surface area contributed by atoms with Crippen molar-refractivity contribution in [2.24, 2.45) is 0 Å². The van der Waals surface area contributed by atoms with E-state index in [9.17, 15) is 9.18 Å². The third-order valence-electron chi connectivity index (χ3n) is 5.18. The maximum absolute atomic E-state index is 13.0. The van der Waals surface area contributed by atoms with Crippen molar-refractivity contribution in [1.29, 1.82) is 0 Å². The number of anilines is 1. The van der Waals surface area contributed by atoms with Gasteiger partial charge in [0.15, 0.2) is 0 Å². The number of nitrogens with one attached hydrogen (secondary N) is 1. The molecule has 4 nitrogen and oxygen atoms in total. The SMILES string of the molecule is Cc1ccc2c(n1)N[C@@](C)(CCN(C)C(=O)Cc1ccc(F)cc1)CC2. The number of nitrogens with zero attached hydrogens (tertiary/aromatic N) is 2. The Hall–Kier alpha value is -2.43. The first-order valence-electron chi connectivity index (χ1n) is 9.08. The average molecular weight is 355 g/mol. The van der Waals surface area contributed by atoms with Crippen LogP contribution in [-0.2, 0) is 17.6 Å². The molecule has 0 saturated carbocycles. The number of fused-ring (bicyclic) bond motifs is 1. The molecule has 1 aliphatic rings. The highest BCUT2D eigenvalue weighted by molar-refractivity contribution is 5.78. The minimum Gasteiger partial charge on any atom is -0.365 e. The zero-order valence-electron chi connectivity index (χ0n) is 15.7. The van der Waals surface area contributed by atoms with E-state index in [0.717, 1.165) is 36.3 Å². The molecular weight excluding hydrogens is 329 g/mol. The predicted molar refractivity (Wildman–Crippen MR) is 102 cm³/mol. The Balaban J connectivity index is 1.56. The summed E-state index contributed by atoms with van der Waals surface area (Å²) in [6.45, 7) is 4.86. The van der Waals surface area contributed by atoms with Gasteiger partial charge in [-0.1, -0.05) is 18.2 Å². The fourth-order valence-corrected chi connectivity index (χ4v) is 3.29. The Bertz CT molecular complexity index is 790. The summed E-state index contributed by atoms with van der Waals surface area (Å²) in [5, 5.41) is 3.57. The summed E-state index contributed by atoms with van der Waals surface area (Å²) in [5.74, 6) is 0.736. The van der Waals surface area contributed by atoms with Crippen LogP contribution in [0.3, 0.4) is 0 Å². The van der Waals surface area contributed by atoms with Crippen LogP contribution < -0.4 is 5.32 Å². The number of halogens is 1. The van der Waals surface area contributed by atoms with Crippen molar-refractivity contribution < 1.29 is 9.18 Å². The molecule has 0 radical (unpaired) electrons. The number of aryl methyl sites for hydroxylation is 2. The van der Waals surface area contributed by atoms with E-state index in [1.807, 2.05) is 20.0 Å². The third-order valence-corrected chi connectivity index (χ3v) is 5.18. The molecule has 0 aliphatic carbocycles. The van der Waals surface area contributed by atoms with Gasteiger partial charge in [0, 0.05) is 24.8 Å². The van der Waals surface area contributed by atoms with Gasteiger partial charge in [0.2, 0.25) is 5.91 Å². The van der Waals surface area contributed by atoms with Crippen molar-refractivity contribution in [2.45, 2.75) is 45.1 Å². The molecular formula is C21H26FN3O. The smallest absolute Gasteiger partial charge is 0.226 e. The number of hydrogen-bond donors (Lipinski definition) is 1. The summed E-state index contributed by atoms with van der Waals surface area (Å²) in [5.41, 5.74) is 3.03. The standard InChI is InChI=1S/C21H26FN3O/c1-15-4-7-17-10-11-21(2,24-20(17)23-15)12-13-25(3)19(26)14-16-5-8-18(22)9-6-16/h4-9H,10-14H2,1-3H3,(H,23,24)/t21-/m1/s1. The second kappa shape index (κ2) is 7.44. The molecule has 26 heavy (non-hydrogen) atoms. The molecule has 1 amide bonds. The molecule has 0 spiro atoms. The van der Waals surface area contributed by atoms with E-state index in [4.69, 9.17) is 0 Å². The summed E-state index contributed by atoms with van der Waals surface area (Å²) in [6.07, 6.45) is 3.17. The summed E-state index contributed by atoms with van der Waals surface area (Å²) in [6, 6.07) is 10.3. The average Bonchev–Trinajstić information content (AvgIpc) is 2.61. The first-order chi connectivity index (χ1) is 12.3. The number of hydrogen-bond acceptors (Lipinski definition) is 3. The summed E-state index contributed by atoms with van der Waals surface area (Å²) < 4.78 is 13.0. The molecule has 2 aromatic rings. The quantitative estimate of drug-likeness (QED) is 0.889. The molecule has 1 aromatic carbocycles. The lowest BCUT2D eigenvalue weighted by molar-refractivity contribution is -0.129. The molecule has 0 fully saturated rings. The van der Waals surface area contributed by atoms with Crippen molar-refractivity contribution in [3.63, 3.8) is 0 Å². The van der Waals surface area contributed by atoms with Crippen molar-refractivity contribution in [2.75, 3.05) is 18.9 Å². The molecule has 3 rings (SSSR count). The third kappa shape index (κ3) is 4.40. The number of aromatic nitrogens is 1. The lowest BCUT2D eigenvalue weighted by Crippen LogP contribution is -2.43. The predicted octanol–water partition coefficient (Wildman–Crippen LogP) is 3.74. The van der Waals surface area contributed by atoms with Crippen molar-refractivity contribution in [3.05, 3.63) is 59.0 Å². The molecule has 1 aliphatic heterocycles. The largest absolute Gasteiger partial charge is 0.365 e. The van der Waals surface area contributed by atoms with Crippen molar-refractivity contribution in [3.8, 4) is 0 Å². The van der Waals surface area contributed by atoms with Crippen LogP contribution in [0.1, 0.15) is 36.6 Å². The highest BCUT2D eigenvalue weighted by atomic mass is 19.1. The van der Waals surface area contributed by atoms with Gasteiger partial charge in [0.25, 0.3) is 0 Å². The van der Waals surface area contributed by atoms with Gasteiger partial charge in [-0.25, -0.2) is 9.37 Å². The van der Waals surface area contributed by atoms with Crippen molar-refractivity contribution >= 4 is 11.7 Å². The molecule has 0 saturated heterocycles. The van der Waals surface area contributed by atoms with Crippen LogP contribution in [0.5, 0.6) is 0 Å². The highest BCUT2D eigenvalue weighted by Crippen LogP contribution is 2.31. The zero-order valence-corrected chi connectivity index (χ0v) is 15.7. The maximum atomic E-state index is 13.0. The Morgan fingerprint density at radius 3 is 2.73 bits per heavy atom. The van der Waals surface area contributed by atoms with Gasteiger partial charge in [0.05, 0.1) is 6.42 Å². The lowest BCUT2D eigenvalue weighted by atomic mass is 9.86. The van der Waals surface area contributed by atoms with Gasteiger partial charge >= 0.3 is 0 Å². The van der Waals surface area contributed by atoms with Crippen LogP contribution in [0, 0.1) is 12.7 Å². The fraction of sp³-hybridized carbons (Fsp3) is 0.429. The number of carbonyl (C=O) groups is 1. The van der Waals surface area contributed by atoms with Crippen molar-refractivity contribution in [1.82, 2.24) is 9.88 Å². The Labute approximate surface area is 154 Å². The van der Waals surface area contributed by atoms with E-state index >= 15 is 0 Å². The van der Waals surface area contributed by atoms with Crippen LogP contribution in [0.15, 0.2) is 36.4 Å². The number of carbonyl (C=O) groups excluding carboxylic acids is 1. The highest BCUT2D eigenvalue weighted by Gasteiger charge is 2.30. The van der Waals surface area contributed by atoms with E-state index in [-0.39, 0.29) is 17.3 Å². The first kappa shape index (κ1) is 18.4. The molecule has 138 valence electrons. The molecule has 0 bridgehead atoms. The number of rotatable bonds is 5. The summed E-state index contributed by atoms with van der Waals surface area (Å²) >= 11 is 0. The topological polar surface area (TPSA) is 45.2 Å². The second-order valence-electron chi connectivity index (χ2n) is 7.51. The van der Waals surface area contributed by atoms with Gasteiger partial charge in [-0.2, -0.15) is 0 Å². The fourth-order valence-electron chi connectivity index (χ4n) is 3.29. The van der Waals surface area contributed by atoms with E-state index in [1.54, 1.807) is 17.0 Å². The minimum absolute atomic E-state index is 0.0467. The van der Waals surface area contributed by atoms with E-state index < -0.39 is 0 Å². The number of likely N-dealkylation sites (N-methyl/N-ethyl adjacent to an activating group) is 1. The van der Waals surface area contributed by atoms with Gasteiger partial charge in [-0.15, -0.1) is 0 Å². The Morgan fingerprint density at radius 1 is 1.27 bits per heavy atom. The molecule has 2 heterocycles. The van der Waals surface area contributed by atoms with Gasteiger partial charge in [-0.05, 0) is 62.4 Å². The van der Waals surface area contributed by atoms with Gasteiger partial charge in [0.1, 0.15) is 11.6 Å². The summed E-state index contributed by atoms with van der Waals surface area (Å²) in [7, 11) is 1.83. The van der Waals surface area contributed by atoms with E-state index in [0.29, 0.717) is 13.0 Å². The van der Waals surface area contributed by atoms with E-state index in [1.165, 1.54) is 17.7 Å². The molecule has 0 unspecified atom stereocenters. The first-order valence-corrected chi connectivity index (χ1v) is 9.08. The molecule has 5 heteroatoms. The van der Waals surface area contributed by atoms with Crippen LogP contribution in [0.4, 0.5) is 10.2 Å². The molecule has 1 N–H and O–H groups in total. The Morgan fingerprint density at radius 2 is 2.00 bits per heavy atom. The van der Waals surface area contributed by atoms with Crippen LogP contribution in [-0.4, -0.2) is 34.9 Å². The monoisotopic (exact) mass is 355 g/mol. The minimum atomic E-state index is -0.282.